The third kappa shape index (κ3) is 4.84. The van der Waals surface area contributed by atoms with E-state index in [0.717, 1.165) is 12.5 Å². The molecular weight excluding hydrogens is 235 g/mol. The highest BCUT2D eigenvalue weighted by Crippen LogP contribution is 2.19. The van der Waals surface area contributed by atoms with Gasteiger partial charge in [-0.25, -0.2) is 9.18 Å². The quantitative estimate of drug-likeness (QED) is 0.818. The minimum atomic E-state index is -1.13. The normalized spacial score (nSPS) is 11.6. The lowest BCUT2D eigenvalue weighted by Crippen LogP contribution is -2.10. The van der Waals surface area contributed by atoms with Crippen molar-refractivity contribution in [3.05, 3.63) is 35.1 Å². The van der Waals surface area contributed by atoms with Crippen LogP contribution in [0.25, 0.3) is 0 Å². The summed E-state index contributed by atoms with van der Waals surface area (Å²) >= 11 is 0. The van der Waals surface area contributed by atoms with Crippen molar-refractivity contribution < 1.29 is 19.0 Å². The Balaban J connectivity index is 2.51. The highest BCUT2D eigenvalue weighted by Gasteiger charge is 2.11. The van der Waals surface area contributed by atoms with Crippen molar-refractivity contribution in [3.63, 3.8) is 0 Å². The fourth-order valence-electron chi connectivity index (χ4n) is 1.36. The highest BCUT2D eigenvalue weighted by molar-refractivity contribution is 5.87. The predicted octanol–water partition coefficient (Wildman–Crippen LogP) is 3.48. The van der Waals surface area contributed by atoms with Gasteiger partial charge in [0, 0.05) is 12.2 Å². The predicted molar refractivity (Wildman–Crippen MR) is 67.1 cm³/mol. The van der Waals surface area contributed by atoms with E-state index in [4.69, 9.17) is 9.84 Å². The third-order valence-corrected chi connectivity index (χ3v) is 2.55. The molecule has 0 saturated heterocycles. The third-order valence-electron chi connectivity index (χ3n) is 2.55. The molecule has 0 aliphatic heterocycles. The molecule has 0 fully saturated rings. The van der Waals surface area contributed by atoms with E-state index >= 15 is 0 Å². The van der Waals surface area contributed by atoms with E-state index < -0.39 is 11.8 Å². The molecule has 0 spiro atoms. The Morgan fingerprint density at radius 2 is 2.06 bits per heavy atom. The van der Waals surface area contributed by atoms with Crippen molar-refractivity contribution in [1.82, 2.24) is 0 Å². The summed E-state index contributed by atoms with van der Waals surface area (Å²) in [6, 6.07) is 3.86. The van der Waals surface area contributed by atoms with Gasteiger partial charge in [0.2, 0.25) is 0 Å². The van der Waals surface area contributed by atoms with Crippen LogP contribution in [0.15, 0.2) is 18.2 Å². The molecule has 3 nitrogen and oxygen atoms in total. The van der Waals surface area contributed by atoms with Crippen molar-refractivity contribution in [2.75, 3.05) is 6.61 Å². The summed E-state index contributed by atoms with van der Waals surface area (Å²) in [5.74, 6) is -1.67. The van der Waals surface area contributed by atoms with Crippen LogP contribution in [-0.4, -0.2) is 17.7 Å². The zero-order valence-electron chi connectivity index (χ0n) is 11.0. The standard InChI is InChI=1S/C14H19FO3/c1-14(2,3)6-7-18-9-11-5-4-10(13(16)17)8-12(11)15/h4-5,8H,6-7,9H2,1-3H3,(H,16,17). The maximum absolute atomic E-state index is 13.5. The van der Waals surface area contributed by atoms with Gasteiger partial charge < -0.3 is 9.84 Å². The van der Waals surface area contributed by atoms with Crippen molar-refractivity contribution in [2.45, 2.75) is 33.8 Å². The zero-order valence-corrected chi connectivity index (χ0v) is 11.0. The lowest BCUT2D eigenvalue weighted by molar-refractivity contribution is 0.0695. The fraction of sp³-hybridized carbons (Fsp3) is 0.500. The molecule has 100 valence electrons. The van der Waals surface area contributed by atoms with Crippen LogP contribution in [0.4, 0.5) is 4.39 Å². The molecule has 0 amide bonds. The van der Waals surface area contributed by atoms with Gasteiger partial charge in [0.15, 0.2) is 0 Å². The van der Waals surface area contributed by atoms with Crippen LogP contribution in [0.5, 0.6) is 0 Å². The van der Waals surface area contributed by atoms with E-state index in [0.29, 0.717) is 12.2 Å². The molecule has 0 radical (unpaired) electrons. The summed E-state index contributed by atoms with van der Waals surface area (Å²) in [5.41, 5.74) is 0.519. The van der Waals surface area contributed by atoms with Crippen molar-refractivity contribution in [2.24, 2.45) is 5.41 Å². The minimum Gasteiger partial charge on any atom is -0.478 e. The van der Waals surface area contributed by atoms with E-state index in [1.807, 2.05) is 0 Å². The van der Waals surface area contributed by atoms with Crippen LogP contribution in [0.1, 0.15) is 43.1 Å². The zero-order chi connectivity index (χ0) is 13.8. The Morgan fingerprint density at radius 3 is 2.56 bits per heavy atom. The molecule has 0 aliphatic rings. The maximum Gasteiger partial charge on any atom is 0.335 e. The molecule has 0 aliphatic carbocycles. The highest BCUT2D eigenvalue weighted by atomic mass is 19.1. The van der Waals surface area contributed by atoms with Crippen molar-refractivity contribution in [1.29, 1.82) is 0 Å². The Labute approximate surface area is 107 Å². The van der Waals surface area contributed by atoms with Gasteiger partial charge in [-0.2, -0.15) is 0 Å². The number of hydrogen-bond acceptors (Lipinski definition) is 2. The van der Waals surface area contributed by atoms with Crippen LogP contribution < -0.4 is 0 Å². The summed E-state index contributed by atoms with van der Waals surface area (Å²) in [4.78, 5) is 10.6. The van der Waals surface area contributed by atoms with E-state index in [9.17, 15) is 9.18 Å². The molecule has 1 aromatic carbocycles. The molecule has 18 heavy (non-hydrogen) atoms. The number of hydrogen-bond donors (Lipinski definition) is 1. The first-order valence-corrected chi connectivity index (χ1v) is 5.89. The SMILES string of the molecule is CC(C)(C)CCOCc1ccc(C(=O)O)cc1F. The Bertz CT molecular complexity index is 422. The van der Waals surface area contributed by atoms with Gasteiger partial charge in [0.05, 0.1) is 12.2 Å². The van der Waals surface area contributed by atoms with Gasteiger partial charge in [0.25, 0.3) is 0 Å². The van der Waals surface area contributed by atoms with Gasteiger partial charge in [-0.3, -0.25) is 0 Å². The molecule has 1 rings (SSSR count). The molecule has 0 unspecified atom stereocenters. The average molecular weight is 254 g/mol. The first kappa shape index (κ1) is 14.6. The van der Waals surface area contributed by atoms with Gasteiger partial charge in [-0.1, -0.05) is 26.8 Å². The van der Waals surface area contributed by atoms with E-state index in [2.05, 4.69) is 20.8 Å². The molecule has 0 heterocycles. The topological polar surface area (TPSA) is 46.5 Å². The number of carbonyl (C=O) groups is 1. The monoisotopic (exact) mass is 254 g/mol. The fourth-order valence-corrected chi connectivity index (χ4v) is 1.36. The first-order chi connectivity index (χ1) is 8.29. The first-order valence-electron chi connectivity index (χ1n) is 5.89. The van der Waals surface area contributed by atoms with E-state index in [1.165, 1.54) is 12.1 Å². The summed E-state index contributed by atoms with van der Waals surface area (Å²) in [6.07, 6.45) is 0.891. The molecule has 0 bridgehead atoms. The Morgan fingerprint density at radius 1 is 1.39 bits per heavy atom. The molecule has 0 aromatic heterocycles. The molecule has 1 N–H and O–H groups in total. The number of rotatable bonds is 5. The second-order valence-electron chi connectivity index (χ2n) is 5.47. The maximum atomic E-state index is 13.5. The van der Waals surface area contributed by atoms with Crippen LogP contribution in [0.3, 0.4) is 0 Å². The lowest BCUT2D eigenvalue weighted by atomic mass is 9.93. The van der Waals surface area contributed by atoms with Crippen molar-refractivity contribution in [3.8, 4) is 0 Å². The summed E-state index contributed by atoms with van der Waals surface area (Å²) in [5, 5.41) is 8.71. The number of carboxylic acids is 1. The largest absolute Gasteiger partial charge is 0.478 e. The van der Waals surface area contributed by atoms with Gasteiger partial charge in [-0.15, -0.1) is 0 Å². The van der Waals surface area contributed by atoms with Gasteiger partial charge in [-0.05, 0) is 24.0 Å². The van der Waals surface area contributed by atoms with E-state index in [1.54, 1.807) is 0 Å². The molecule has 0 saturated carbocycles. The average Bonchev–Trinajstić information content (AvgIpc) is 2.24. The number of aromatic carboxylic acids is 1. The summed E-state index contributed by atoms with van der Waals surface area (Å²) in [6.45, 7) is 7.06. The van der Waals surface area contributed by atoms with Crippen LogP contribution in [0.2, 0.25) is 0 Å². The number of benzene rings is 1. The summed E-state index contributed by atoms with van der Waals surface area (Å²) in [7, 11) is 0. The number of halogens is 1. The number of ether oxygens (including phenoxy) is 1. The minimum absolute atomic E-state index is 0.0501. The smallest absolute Gasteiger partial charge is 0.335 e. The Hall–Kier alpha value is -1.42. The lowest BCUT2D eigenvalue weighted by Gasteiger charge is -2.17. The second-order valence-corrected chi connectivity index (χ2v) is 5.47. The van der Waals surface area contributed by atoms with Gasteiger partial charge in [0.1, 0.15) is 5.82 Å². The van der Waals surface area contributed by atoms with Gasteiger partial charge >= 0.3 is 5.97 Å². The number of carboxylic acid groups (broad SMARTS) is 1. The van der Waals surface area contributed by atoms with Crippen LogP contribution >= 0.6 is 0 Å². The molecule has 4 heteroatoms. The molecule has 0 atom stereocenters. The molecule has 1 aromatic rings. The molecular formula is C14H19FO3. The summed E-state index contributed by atoms with van der Waals surface area (Å²) < 4.78 is 18.9. The second kappa shape index (κ2) is 5.96. The van der Waals surface area contributed by atoms with Crippen molar-refractivity contribution >= 4 is 5.97 Å². The van der Waals surface area contributed by atoms with Crippen LogP contribution in [-0.2, 0) is 11.3 Å². The van der Waals surface area contributed by atoms with E-state index in [-0.39, 0.29) is 17.6 Å². The van der Waals surface area contributed by atoms with Crippen LogP contribution in [0, 0.1) is 11.2 Å². The Kier molecular flexibility index (Phi) is 4.84.